The minimum atomic E-state index is -0.242. The van der Waals surface area contributed by atoms with E-state index in [1.165, 1.54) is 6.07 Å². The number of fused-ring (bicyclic) bond motifs is 1. The third-order valence-corrected chi connectivity index (χ3v) is 2.46. The van der Waals surface area contributed by atoms with Gasteiger partial charge >= 0.3 is 0 Å². The van der Waals surface area contributed by atoms with Crippen molar-refractivity contribution in [3.05, 3.63) is 39.3 Å². The molecule has 0 unspecified atom stereocenters. The molecule has 0 radical (unpaired) electrons. The molecule has 0 saturated heterocycles. The van der Waals surface area contributed by atoms with Crippen molar-refractivity contribution < 1.29 is 4.39 Å². The first kappa shape index (κ1) is 8.87. The Morgan fingerprint density at radius 3 is 2.85 bits per heavy atom. The number of pyridine rings is 1. The fourth-order valence-electron chi connectivity index (χ4n) is 1.31. The molecule has 66 valence electrons. The van der Waals surface area contributed by atoms with Crippen LogP contribution >= 0.6 is 22.6 Å². The fraction of sp³-hybridized carbons (Fsp3) is 0.100. The Morgan fingerprint density at radius 1 is 1.31 bits per heavy atom. The molecule has 0 spiro atoms. The molecule has 0 atom stereocenters. The van der Waals surface area contributed by atoms with E-state index in [1.807, 2.05) is 25.1 Å². The zero-order chi connectivity index (χ0) is 9.42. The van der Waals surface area contributed by atoms with Crippen LogP contribution < -0.4 is 0 Å². The van der Waals surface area contributed by atoms with Crippen molar-refractivity contribution in [2.24, 2.45) is 0 Å². The minimum Gasteiger partial charge on any atom is -0.239 e. The molecular weight excluding hydrogens is 280 g/mol. The van der Waals surface area contributed by atoms with Gasteiger partial charge in [-0.3, -0.25) is 0 Å². The van der Waals surface area contributed by atoms with Gasteiger partial charge in [0.15, 0.2) is 0 Å². The van der Waals surface area contributed by atoms with Crippen LogP contribution in [0.4, 0.5) is 4.39 Å². The lowest BCUT2D eigenvalue weighted by atomic mass is 10.1. The third kappa shape index (κ3) is 1.65. The SMILES string of the molecule is Cc1cc(F)c2nc(I)ccc2c1. The Bertz CT molecular complexity index is 468. The predicted octanol–water partition coefficient (Wildman–Crippen LogP) is 3.29. The van der Waals surface area contributed by atoms with Crippen LogP contribution in [-0.4, -0.2) is 4.98 Å². The molecule has 1 nitrogen and oxygen atoms in total. The highest BCUT2D eigenvalue weighted by Crippen LogP contribution is 2.18. The molecule has 13 heavy (non-hydrogen) atoms. The lowest BCUT2D eigenvalue weighted by Gasteiger charge is -2.00. The van der Waals surface area contributed by atoms with Crippen LogP contribution in [0.1, 0.15) is 5.56 Å². The molecule has 3 heteroatoms. The zero-order valence-corrected chi connectivity index (χ0v) is 9.17. The van der Waals surface area contributed by atoms with Crippen molar-refractivity contribution >= 4 is 33.5 Å². The second-order valence-electron chi connectivity index (χ2n) is 2.95. The number of rotatable bonds is 0. The summed E-state index contributed by atoms with van der Waals surface area (Å²) in [6.07, 6.45) is 0. The first-order valence-corrected chi connectivity index (χ1v) is 4.97. The maximum absolute atomic E-state index is 13.4. The molecule has 2 rings (SSSR count). The normalized spacial score (nSPS) is 10.7. The number of nitrogens with zero attached hydrogens (tertiary/aromatic N) is 1. The smallest absolute Gasteiger partial charge is 0.149 e. The van der Waals surface area contributed by atoms with Crippen LogP contribution in [0.5, 0.6) is 0 Å². The van der Waals surface area contributed by atoms with Crippen LogP contribution in [0.3, 0.4) is 0 Å². The van der Waals surface area contributed by atoms with Crippen LogP contribution in [0, 0.1) is 16.4 Å². The molecular formula is C10H7FIN. The van der Waals surface area contributed by atoms with Crippen LogP contribution in [0.15, 0.2) is 24.3 Å². The first-order chi connectivity index (χ1) is 6.16. The summed E-state index contributed by atoms with van der Waals surface area (Å²) >= 11 is 2.08. The van der Waals surface area contributed by atoms with Crippen molar-refractivity contribution in [1.29, 1.82) is 0 Å². The van der Waals surface area contributed by atoms with E-state index in [4.69, 9.17) is 0 Å². The minimum absolute atomic E-state index is 0.242. The van der Waals surface area contributed by atoms with E-state index in [0.717, 1.165) is 14.7 Å². The van der Waals surface area contributed by atoms with Gasteiger partial charge in [0.25, 0.3) is 0 Å². The molecule has 0 N–H and O–H groups in total. The van der Waals surface area contributed by atoms with E-state index >= 15 is 0 Å². The van der Waals surface area contributed by atoms with Gasteiger partial charge in [0.05, 0.1) is 0 Å². The highest BCUT2D eigenvalue weighted by Gasteiger charge is 2.03. The number of halogens is 2. The van der Waals surface area contributed by atoms with E-state index in [2.05, 4.69) is 27.6 Å². The van der Waals surface area contributed by atoms with Gasteiger partial charge < -0.3 is 0 Å². The van der Waals surface area contributed by atoms with Gasteiger partial charge in [-0.25, -0.2) is 9.37 Å². The number of hydrogen-bond acceptors (Lipinski definition) is 1. The second-order valence-corrected chi connectivity index (χ2v) is 4.06. The Labute approximate surface area is 89.1 Å². The highest BCUT2D eigenvalue weighted by atomic mass is 127. The van der Waals surface area contributed by atoms with Crippen LogP contribution in [-0.2, 0) is 0 Å². The number of aromatic nitrogens is 1. The summed E-state index contributed by atoms with van der Waals surface area (Å²) in [5, 5.41) is 0.859. The molecule has 0 bridgehead atoms. The first-order valence-electron chi connectivity index (χ1n) is 3.89. The van der Waals surface area contributed by atoms with Crippen LogP contribution in [0.2, 0.25) is 0 Å². The molecule has 0 saturated carbocycles. The summed E-state index contributed by atoms with van der Waals surface area (Å²) in [6, 6.07) is 7.20. The Hall–Kier alpha value is -0.710. The molecule has 1 heterocycles. The molecule has 0 aliphatic carbocycles. The Morgan fingerprint density at radius 2 is 2.08 bits per heavy atom. The van der Waals surface area contributed by atoms with Gasteiger partial charge in [0.1, 0.15) is 15.0 Å². The number of benzene rings is 1. The average Bonchev–Trinajstić information content (AvgIpc) is 2.06. The summed E-state index contributed by atoms with van der Waals surface area (Å²) < 4.78 is 14.2. The molecule has 0 amide bonds. The molecule has 0 aliphatic heterocycles. The summed E-state index contributed by atoms with van der Waals surface area (Å²) in [6.45, 7) is 1.88. The quantitative estimate of drug-likeness (QED) is 0.535. The van der Waals surface area contributed by atoms with Crippen molar-refractivity contribution in [2.45, 2.75) is 6.92 Å². The average molecular weight is 287 g/mol. The largest absolute Gasteiger partial charge is 0.239 e. The van der Waals surface area contributed by atoms with Gasteiger partial charge in [-0.05, 0) is 53.3 Å². The monoisotopic (exact) mass is 287 g/mol. The van der Waals surface area contributed by atoms with E-state index in [9.17, 15) is 4.39 Å². The van der Waals surface area contributed by atoms with Crippen molar-refractivity contribution in [3.63, 3.8) is 0 Å². The predicted molar refractivity (Wildman–Crippen MR) is 59.2 cm³/mol. The van der Waals surface area contributed by atoms with E-state index in [0.29, 0.717) is 5.52 Å². The number of hydrogen-bond donors (Lipinski definition) is 0. The molecule has 2 aromatic rings. The van der Waals surface area contributed by atoms with Crippen molar-refractivity contribution in [3.8, 4) is 0 Å². The Balaban J connectivity index is 2.87. The number of aryl methyl sites for hydroxylation is 1. The molecule has 1 aromatic carbocycles. The van der Waals surface area contributed by atoms with Crippen molar-refractivity contribution in [1.82, 2.24) is 4.98 Å². The second kappa shape index (κ2) is 3.21. The standard InChI is InChI=1S/C10H7FIN/c1-6-4-7-2-3-9(12)13-10(7)8(11)5-6/h2-5H,1H3. The van der Waals surface area contributed by atoms with E-state index in [1.54, 1.807) is 0 Å². The summed E-state index contributed by atoms with van der Waals surface area (Å²) in [4.78, 5) is 4.13. The third-order valence-electron chi connectivity index (χ3n) is 1.86. The molecule has 1 aromatic heterocycles. The van der Waals surface area contributed by atoms with Gasteiger partial charge in [-0.15, -0.1) is 0 Å². The lowest BCUT2D eigenvalue weighted by molar-refractivity contribution is 0.635. The maximum Gasteiger partial charge on any atom is 0.149 e. The highest BCUT2D eigenvalue weighted by molar-refractivity contribution is 14.1. The molecule has 0 aliphatic rings. The Kier molecular flexibility index (Phi) is 2.19. The van der Waals surface area contributed by atoms with Crippen molar-refractivity contribution in [2.75, 3.05) is 0 Å². The summed E-state index contributed by atoms with van der Waals surface area (Å²) in [5.74, 6) is -0.242. The maximum atomic E-state index is 13.4. The lowest BCUT2D eigenvalue weighted by Crippen LogP contribution is -1.88. The van der Waals surface area contributed by atoms with Crippen LogP contribution in [0.25, 0.3) is 10.9 Å². The van der Waals surface area contributed by atoms with Gasteiger partial charge in [-0.2, -0.15) is 0 Å². The topological polar surface area (TPSA) is 12.9 Å². The molecule has 0 fully saturated rings. The fourth-order valence-corrected chi connectivity index (χ4v) is 1.73. The van der Waals surface area contributed by atoms with Gasteiger partial charge in [-0.1, -0.05) is 6.07 Å². The van der Waals surface area contributed by atoms with E-state index < -0.39 is 0 Å². The van der Waals surface area contributed by atoms with Gasteiger partial charge in [0.2, 0.25) is 0 Å². The summed E-state index contributed by atoms with van der Waals surface area (Å²) in [7, 11) is 0. The van der Waals surface area contributed by atoms with E-state index in [-0.39, 0.29) is 5.82 Å². The summed E-state index contributed by atoms with van der Waals surface area (Å²) in [5.41, 5.74) is 1.38. The van der Waals surface area contributed by atoms with Gasteiger partial charge in [0, 0.05) is 5.39 Å². The zero-order valence-electron chi connectivity index (χ0n) is 7.01.